The van der Waals surface area contributed by atoms with Gasteiger partial charge in [-0.1, -0.05) is 76.2 Å². The quantitative estimate of drug-likeness (QED) is 0.0243. The highest BCUT2D eigenvalue weighted by atomic mass is 35.5. The number of nitrogens with zero attached hydrogens (tertiary/aromatic N) is 5. The first-order valence-electron chi connectivity index (χ1n) is 35.8. The third kappa shape index (κ3) is 31.3. The van der Waals surface area contributed by atoms with Crippen LogP contribution in [0.2, 0.25) is 25.1 Å². The van der Waals surface area contributed by atoms with E-state index in [1.807, 2.05) is 6.07 Å². The van der Waals surface area contributed by atoms with Gasteiger partial charge in [0, 0.05) is 122 Å². The molecule has 1 atom stereocenters. The highest BCUT2D eigenvalue weighted by Gasteiger charge is 2.29. The minimum atomic E-state index is -4.25. The lowest BCUT2D eigenvalue weighted by Gasteiger charge is -2.12. The number of hydrogen-bond donors (Lipinski definition) is 5. The van der Waals surface area contributed by atoms with Crippen molar-refractivity contribution in [1.82, 2.24) is 24.9 Å². The lowest BCUT2D eigenvalue weighted by Crippen LogP contribution is -2.21. The molecule has 1 unspecified atom stereocenters. The van der Waals surface area contributed by atoms with Gasteiger partial charge in [-0.2, -0.15) is 0 Å². The number of aromatic nitrogens is 5. The maximum Gasteiger partial charge on any atom is 0.341 e. The summed E-state index contributed by atoms with van der Waals surface area (Å²) in [7, 11) is -4.25. The van der Waals surface area contributed by atoms with E-state index in [1.54, 1.807) is 103 Å². The van der Waals surface area contributed by atoms with Gasteiger partial charge in [0.1, 0.15) is 75.6 Å². The number of pyridine rings is 5. The highest BCUT2D eigenvalue weighted by Crippen LogP contribution is 2.32. The number of ketones is 5. The Morgan fingerprint density at radius 2 is 0.744 bits per heavy atom. The largest absolute Gasteiger partial charge is 0.496 e. The predicted octanol–water partition coefficient (Wildman–Crippen LogP) is 13.5. The molecule has 0 aliphatic carbocycles. The van der Waals surface area contributed by atoms with Crippen molar-refractivity contribution >= 4 is 147 Å². The fourth-order valence-electron chi connectivity index (χ4n) is 10.9. The van der Waals surface area contributed by atoms with Crippen LogP contribution in [0.3, 0.4) is 0 Å². The summed E-state index contributed by atoms with van der Waals surface area (Å²) in [5, 5.41) is 46.1. The molecule has 6 aromatic carbocycles. The number of methoxy groups -OCH3 is 4. The first kappa shape index (κ1) is 99.0. The summed E-state index contributed by atoms with van der Waals surface area (Å²) in [5.74, 6) is -7.41. The van der Waals surface area contributed by atoms with E-state index in [0.717, 1.165) is 24.5 Å². The van der Waals surface area contributed by atoms with Crippen molar-refractivity contribution in [2.45, 2.75) is 47.2 Å². The molecule has 0 aliphatic heterocycles. The lowest BCUT2D eigenvalue weighted by atomic mass is 10.1. The van der Waals surface area contributed by atoms with Gasteiger partial charge in [-0.25, -0.2) is 65.7 Å². The maximum atomic E-state index is 12.6. The molecule has 0 saturated carbocycles. The summed E-state index contributed by atoms with van der Waals surface area (Å²) in [6.45, 7) is -0.529. The minimum Gasteiger partial charge on any atom is -0.496 e. The van der Waals surface area contributed by atoms with Crippen molar-refractivity contribution in [1.29, 1.82) is 0 Å². The van der Waals surface area contributed by atoms with Gasteiger partial charge in [0.05, 0.1) is 67.2 Å². The Hall–Kier alpha value is -13.1. The van der Waals surface area contributed by atoms with E-state index >= 15 is 0 Å². The van der Waals surface area contributed by atoms with Crippen LogP contribution in [-0.4, -0.2) is 189 Å². The Bertz CT molecular complexity index is 6070. The lowest BCUT2D eigenvalue weighted by molar-refractivity contribution is -0.121. The van der Waals surface area contributed by atoms with Crippen LogP contribution in [0, 0.1) is 0 Å². The fourth-order valence-corrected chi connectivity index (χ4v) is 15.5. The van der Waals surface area contributed by atoms with Gasteiger partial charge < -0.3 is 58.7 Å². The summed E-state index contributed by atoms with van der Waals surface area (Å²) in [6, 6.07) is 45.8. The monoisotopic (exact) mass is 1870 g/mol. The average Bonchev–Trinajstić information content (AvgIpc) is 0.815. The molecule has 0 fully saturated rings. The molecule has 652 valence electrons. The van der Waals surface area contributed by atoms with Crippen molar-refractivity contribution in [2.75, 3.05) is 58.9 Å². The summed E-state index contributed by atoms with van der Waals surface area (Å²) >= 11 is 29.6. The second-order valence-electron chi connectivity index (χ2n) is 25.5. The number of para-hydroxylation sites is 1. The standard InChI is InChI=1S/C21H16ClNO6S.C16H14ClNO6S.C16H14ClNO5S.2C16H14ClNO5/c22-15-8-9-19(29-17-5-2-1-3-6-17)14(11-15)12-16(24)13-30(27,28)20-18(21(25)26)7-4-10-23-20;1-24-14-3-2-12(17)6-11(14)7-13(19)9-25(22,23)15-8-10(16(20)21)4-5-18-15;1-23-14-5-4-11(17)7-10(14)8-12(19)9-24(22)15-13(16(20)21)3-2-6-18-15;1-22-14-3-2-12(17)6-11(14)7-13(19)9-23-15-8-10(16(20)21)4-5-18-15;1-22-14-5-4-11(17)7-10(14)8-12(19)9-23-15-13(16(20)21)3-2-6-18-15/h1-11H,12-13H2,(H,25,26);2-6,8H,7,9H2,1H3,(H,20,21);2-7H,8-9H2,1H3,(H,20,21);2-6,8H,7,9H2,1H3,(H,20,21);2-7H,8-9H2,1H3,(H,20,21). The van der Waals surface area contributed by atoms with Crippen LogP contribution >= 0.6 is 58.0 Å². The molecule has 0 spiro atoms. The van der Waals surface area contributed by atoms with Crippen LogP contribution in [0.5, 0.6) is 46.3 Å². The number of aromatic carboxylic acids is 5. The zero-order chi connectivity index (χ0) is 91.7. The van der Waals surface area contributed by atoms with E-state index in [2.05, 4.69) is 24.9 Å². The first-order chi connectivity index (χ1) is 59.4. The van der Waals surface area contributed by atoms with Gasteiger partial charge >= 0.3 is 29.8 Å². The molecule has 0 aliphatic rings. The van der Waals surface area contributed by atoms with Gasteiger partial charge in [-0.15, -0.1) is 0 Å². The summed E-state index contributed by atoms with van der Waals surface area (Å²) in [6.07, 6.45) is 5.93. The minimum absolute atomic E-state index is 0.0231. The zero-order valence-electron chi connectivity index (χ0n) is 65.8. The van der Waals surface area contributed by atoms with Gasteiger partial charge in [0.15, 0.2) is 33.2 Å². The van der Waals surface area contributed by atoms with Gasteiger partial charge in [0.2, 0.25) is 31.4 Å². The van der Waals surface area contributed by atoms with Crippen molar-refractivity contribution in [3.05, 3.63) is 294 Å². The number of Topliss-reactive ketones (excluding diaryl/α,β-unsaturated/α-hetero) is 5. The number of carboxylic acid groups (broad SMARTS) is 5. The molecule has 125 heavy (non-hydrogen) atoms. The van der Waals surface area contributed by atoms with Crippen LogP contribution < -0.4 is 33.2 Å². The van der Waals surface area contributed by atoms with E-state index < -0.39 is 99.0 Å². The van der Waals surface area contributed by atoms with Crippen LogP contribution in [0.25, 0.3) is 0 Å². The summed E-state index contributed by atoms with van der Waals surface area (Å²) in [5.41, 5.74) is 1.79. The molecule has 0 bridgehead atoms. The topological polar surface area (TPSA) is 486 Å². The van der Waals surface area contributed by atoms with Gasteiger partial charge in [-0.05, 0) is 158 Å². The number of hydrogen-bond acceptors (Lipinski definition) is 27. The van der Waals surface area contributed by atoms with E-state index in [1.165, 1.54) is 108 Å². The second-order valence-corrected chi connectivity index (χ2v) is 32.9. The van der Waals surface area contributed by atoms with Crippen LogP contribution in [0.15, 0.2) is 228 Å². The van der Waals surface area contributed by atoms with Crippen LogP contribution in [0.1, 0.15) is 79.6 Å². The molecule has 0 amide bonds. The molecule has 5 N–H and O–H groups in total. The Labute approximate surface area is 740 Å². The number of carbonyl (C=O) groups is 10. The average molecular weight is 1870 g/mol. The number of sulfone groups is 2. The van der Waals surface area contributed by atoms with Gasteiger partial charge in [0.25, 0.3) is 0 Å². The van der Waals surface area contributed by atoms with Crippen molar-refractivity contribution in [3.8, 4) is 46.3 Å². The summed E-state index contributed by atoms with van der Waals surface area (Å²) in [4.78, 5) is 135. The number of rotatable bonds is 36. The normalized spacial score (nSPS) is 10.9. The Morgan fingerprint density at radius 1 is 0.360 bits per heavy atom. The molecular weight excluding hydrogens is 1800 g/mol. The second kappa shape index (κ2) is 48.1. The van der Waals surface area contributed by atoms with Crippen molar-refractivity contribution in [3.63, 3.8) is 0 Å². The van der Waals surface area contributed by atoms with E-state index in [4.69, 9.17) is 112 Å². The smallest absolute Gasteiger partial charge is 0.341 e. The van der Waals surface area contributed by atoms with E-state index in [9.17, 15) is 74.1 Å². The molecule has 32 nitrogen and oxygen atoms in total. The fraction of sp³-hybridized carbons (Fsp3) is 0.165. The molecule has 0 radical (unpaired) electrons. The van der Waals surface area contributed by atoms with Crippen molar-refractivity contribution in [2.24, 2.45) is 0 Å². The van der Waals surface area contributed by atoms with E-state index in [-0.39, 0.29) is 107 Å². The SMILES string of the molecule is COc1ccc(Cl)cc1CC(=O)COc1cc(C(=O)O)ccn1.COc1ccc(Cl)cc1CC(=O)COc1ncccc1C(=O)O.COc1ccc(Cl)cc1CC(=O)CS(=O)(=O)c1cc(C(=O)O)ccn1.COc1ccc(Cl)cc1CC(=O)CS(=O)c1ncccc1C(=O)O.O=C(Cc1cc(Cl)ccc1Oc1ccccc1)CS(=O)(=O)c1ncccc1C(=O)O. The van der Waals surface area contributed by atoms with Gasteiger partial charge in [-0.3, -0.25) is 28.2 Å². The summed E-state index contributed by atoms with van der Waals surface area (Å²) < 4.78 is 99.0. The molecule has 5 heterocycles. The van der Waals surface area contributed by atoms with Crippen molar-refractivity contribution < 1.29 is 128 Å². The number of carbonyl (C=O) groups excluding carboxylic acids is 5. The van der Waals surface area contributed by atoms with Crippen LogP contribution in [0.4, 0.5) is 0 Å². The Kier molecular flexibility index (Phi) is 38.1. The molecule has 40 heteroatoms. The first-order valence-corrected chi connectivity index (χ1v) is 42.4. The predicted molar refractivity (Wildman–Crippen MR) is 456 cm³/mol. The number of halogens is 5. The third-order valence-electron chi connectivity index (χ3n) is 16.4. The third-order valence-corrected chi connectivity index (χ3v) is 22.1. The Morgan fingerprint density at radius 3 is 1.20 bits per heavy atom. The molecule has 5 aromatic heterocycles. The molecule has 11 rings (SSSR count). The molecule has 11 aromatic rings. The molecular formula is C85H72Cl5N5O27S3. The van der Waals surface area contributed by atoms with E-state index in [0.29, 0.717) is 87.4 Å². The van der Waals surface area contributed by atoms with Crippen LogP contribution in [-0.2, 0) is 86.6 Å². The molecule has 0 saturated heterocycles. The zero-order valence-corrected chi connectivity index (χ0v) is 72.1. The highest BCUT2D eigenvalue weighted by molar-refractivity contribution is 7.92. The number of benzene rings is 6. The maximum absolute atomic E-state index is 12.6. The number of carboxylic acids is 5. The Balaban J connectivity index is 0.000000215. The number of ether oxygens (including phenoxy) is 7.